The first kappa shape index (κ1) is 24.5. The number of nitrogens with one attached hydrogen (secondary N) is 2. The molecule has 35 heavy (non-hydrogen) atoms. The lowest BCUT2D eigenvalue weighted by Gasteiger charge is -2.37. The maximum atomic E-state index is 13.1. The summed E-state index contributed by atoms with van der Waals surface area (Å²) < 4.78 is 11.8. The highest BCUT2D eigenvalue weighted by Crippen LogP contribution is 2.45. The normalized spacial score (nSPS) is 30.3. The molecule has 3 atom stereocenters. The number of carboxylic acid groups (broad SMARTS) is 1. The van der Waals surface area contributed by atoms with Gasteiger partial charge in [0.2, 0.25) is 5.91 Å². The first-order valence-corrected chi connectivity index (χ1v) is 13.5. The molecule has 0 aromatic carbocycles. The molecule has 1 aromatic heterocycles. The smallest absolute Gasteiger partial charge is 0.326 e. The van der Waals surface area contributed by atoms with Crippen molar-refractivity contribution in [3.8, 4) is 0 Å². The van der Waals surface area contributed by atoms with E-state index in [4.69, 9.17) is 14.5 Å². The summed E-state index contributed by atoms with van der Waals surface area (Å²) in [5.41, 5.74) is 1.93. The Labute approximate surface area is 207 Å². The highest BCUT2D eigenvalue weighted by Gasteiger charge is 2.51. The Bertz CT molecular complexity index is 918. The molecule has 4 aliphatic rings. The van der Waals surface area contributed by atoms with E-state index < -0.39 is 17.4 Å². The monoisotopic (exact) mass is 485 g/mol. The van der Waals surface area contributed by atoms with Crippen molar-refractivity contribution in [1.82, 2.24) is 10.3 Å². The number of carbonyl (C=O) groups is 2. The molecule has 8 nitrogen and oxygen atoms in total. The van der Waals surface area contributed by atoms with E-state index >= 15 is 0 Å². The maximum Gasteiger partial charge on any atom is 0.326 e. The number of ether oxygens (including phenoxy) is 2. The summed E-state index contributed by atoms with van der Waals surface area (Å²) >= 11 is 0. The lowest BCUT2D eigenvalue weighted by molar-refractivity contribution is -0.147. The van der Waals surface area contributed by atoms with Gasteiger partial charge in [-0.1, -0.05) is 18.9 Å². The Morgan fingerprint density at radius 3 is 3.00 bits per heavy atom. The molecule has 0 spiro atoms. The lowest BCUT2D eigenvalue weighted by Crippen LogP contribution is -2.53. The molecular weight excluding hydrogens is 446 g/mol. The fourth-order valence-electron chi connectivity index (χ4n) is 6.31. The van der Waals surface area contributed by atoms with Crippen molar-refractivity contribution >= 4 is 17.7 Å². The van der Waals surface area contributed by atoms with Gasteiger partial charge in [0.15, 0.2) is 0 Å². The molecule has 0 radical (unpaired) electrons. The summed E-state index contributed by atoms with van der Waals surface area (Å²) in [7, 11) is 0. The van der Waals surface area contributed by atoms with E-state index in [0.717, 1.165) is 75.8 Å². The zero-order valence-corrected chi connectivity index (χ0v) is 20.6. The van der Waals surface area contributed by atoms with Gasteiger partial charge in [0.05, 0.1) is 17.6 Å². The van der Waals surface area contributed by atoms with E-state index in [9.17, 15) is 14.7 Å². The molecular formula is C27H39N3O5. The average molecular weight is 486 g/mol. The average Bonchev–Trinajstić information content (AvgIpc) is 3.29. The van der Waals surface area contributed by atoms with Gasteiger partial charge < -0.3 is 25.2 Å². The Morgan fingerprint density at radius 2 is 2.14 bits per heavy atom. The molecule has 2 aliphatic heterocycles. The number of anilines is 1. The van der Waals surface area contributed by atoms with Crippen LogP contribution in [0.5, 0.6) is 0 Å². The number of fused-ring (bicyclic) bond motifs is 2. The molecule has 1 amide bonds. The number of aliphatic carboxylic acids is 1. The first-order chi connectivity index (χ1) is 17.0. The minimum atomic E-state index is -0.997. The molecule has 3 fully saturated rings. The van der Waals surface area contributed by atoms with Crippen LogP contribution in [0.4, 0.5) is 5.82 Å². The van der Waals surface area contributed by atoms with E-state index in [2.05, 4.69) is 22.8 Å². The van der Waals surface area contributed by atoms with Gasteiger partial charge in [-0.2, -0.15) is 0 Å². The van der Waals surface area contributed by atoms with Crippen molar-refractivity contribution < 1.29 is 24.2 Å². The second kappa shape index (κ2) is 10.8. The van der Waals surface area contributed by atoms with Gasteiger partial charge in [-0.05, 0) is 75.3 Å². The molecule has 1 saturated heterocycles. The second-order valence-electron chi connectivity index (χ2n) is 10.9. The van der Waals surface area contributed by atoms with Crippen molar-refractivity contribution in [2.45, 2.75) is 95.3 Å². The van der Waals surface area contributed by atoms with E-state index in [1.165, 1.54) is 12.0 Å². The van der Waals surface area contributed by atoms with Gasteiger partial charge in [-0.25, -0.2) is 9.78 Å². The predicted octanol–water partition coefficient (Wildman–Crippen LogP) is 3.48. The summed E-state index contributed by atoms with van der Waals surface area (Å²) in [5.74, 6) is 0.540. The molecule has 192 valence electrons. The predicted molar refractivity (Wildman–Crippen MR) is 131 cm³/mol. The SMILES string of the molecule is O=C(O)[C@H](CCOC1CC(CCc2ccc3c(n2)NCCC3)C1)NC(=O)C12CCCCC1OCC2. The van der Waals surface area contributed by atoms with Gasteiger partial charge in [-0.3, -0.25) is 4.79 Å². The van der Waals surface area contributed by atoms with E-state index in [-0.39, 0.29) is 24.5 Å². The summed E-state index contributed by atoms with van der Waals surface area (Å²) in [4.78, 5) is 29.7. The zero-order chi connectivity index (χ0) is 24.3. The third-order valence-electron chi connectivity index (χ3n) is 8.59. The number of aryl methyl sites for hydroxylation is 2. The van der Waals surface area contributed by atoms with Crippen molar-refractivity contribution in [2.24, 2.45) is 11.3 Å². The molecule has 3 N–H and O–H groups in total. The Kier molecular flexibility index (Phi) is 7.58. The number of hydrogen-bond donors (Lipinski definition) is 3. The quantitative estimate of drug-likeness (QED) is 0.465. The molecule has 8 heteroatoms. The fourth-order valence-corrected chi connectivity index (χ4v) is 6.31. The third kappa shape index (κ3) is 5.48. The lowest BCUT2D eigenvalue weighted by atomic mass is 9.70. The van der Waals surface area contributed by atoms with Crippen LogP contribution in [0.2, 0.25) is 0 Å². The minimum Gasteiger partial charge on any atom is -0.480 e. The number of carboxylic acids is 1. The number of aromatic nitrogens is 1. The standard InChI is InChI=1S/C27H39N3O5/c31-25(32)22(30-26(33)27-11-2-1-5-23(27)35-15-12-27)10-14-34-21-16-18(17-21)6-8-20-9-7-19-4-3-13-28-24(19)29-20/h7,9,18,21-23H,1-6,8,10-17H2,(H,28,29)(H,30,33)(H,31,32)/t18?,21?,22-,23?,27?/m0/s1. The largest absolute Gasteiger partial charge is 0.480 e. The Morgan fingerprint density at radius 1 is 1.26 bits per heavy atom. The molecule has 2 saturated carbocycles. The van der Waals surface area contributed by atoms with Crippen LogP contribution in [0.3, 0.4) is 0 Å². The van der Waals surface area contributed by atoms with E-state index in [1.807, 2.05) is 0 Å². The first-order valence-electron chi connectivity index (χ1n) is 13.5. The Balaban J connectivity index is 1.02. The van der Waals surface area contributed by atoms with Gasteiger partial charge >= 0.3 is 5.97 Å². The minimum absolute atomic E-state index is 0.0679. The van der Waals surface area contributed by atoms with Gasteiger partial charge in [0, 0.05) is 31.9 Å². The van der Waals surface area contributed by atoms with Crippen molar-refractivity contribution in [2.75, 3.05) is 25.1 Å². The van der Waals surface area contributed by atoms with Crippen molar-refractivity contribution in [3.05, 3.63) is 23.4 Å². The summed E-state index contributed by atoms with van der Waals surface area (Å²) in [6, 6.07) is 3.45. The summed E-state index contributed by atoms with van der Waals surface area (Å²) in [6.45, 7) is 1.94. The summed E-state index contributed by atoms with van der Waals surface area (Å²) in [6.07, 6.45) is 11.2. The number of hydrogen-bond acceptors (Lipinski definition) is 6. The van der Waals surface area contributed by atoms with Crippen LogP contribution in [0.15, 0.2) is 12.1 Å². The van der Waals surface area contributed by atoms with Crippen molar-refractivity contribution in [1.29, 1.82) is 0 Å². The number of carbonyl (C=O) groups excluding carboxylic acids is 1. The van der Waals surface area contributed by atoms with Crippen LogP contribution in [-0.2, 0) is 31.9 Å². The Hall–Kier alpha value is -2.19. The highest BCUT2D eigenvalue weighted by atomic mass is 16.5. The molecule has 0 bridgehead atoms. The summed E-state index contributed by atoms with van der Waals surface area (Å²) in [5, 5.41) is 15.9. The molecule has 5 rings (SSSR count). The van der Waals surface area contributed by atoms with Gasteiger partial charge in [0.1, 0.15) is 11.9 Å². The zero-order valence-electron chi connectivity index (χ0n) is 20.6. The van der Waals surface area contributed by atoms with Crippen LogP contribution in [-0.4, -0.2) is 60.0 Å². The molecule has 2 aliphatic carbocycles. The van der Waals surface area contributed by atoms with Crippen LogP contribution in [0, 0.1) is 11.3 Å². The number of nitrogens with zero attached hydrogens (tertiary/aromatic N) is 1. The van der Waals surface area contributed by atoms with E-state index in [1.54, 1.807) is 0 Å². The van der Waals surface area contributed by atoms with Crippen LogP contribution < -0.4 is 10.6 Å². The third-order valence-corrected chi connectivity index (χ3v) is 8.59. The maximum absolute atomic E-state index is 13.1. The highest BCUT2D eigenvalue weighted by molar-refractivity contribution is 5.88. The second-order valence-corrected chi connectivity index (χ2v) is 10.9. The van der Waals surface area contributed by atoms with Crippen LogP contribution in [0.1, 0.15) is 75.5 Å². The number of pyridine rings is 1. The van der Waals surface area contributed by atoms with Gasteiger partial charge in [0.25, 0.3) is 0 Å². The number of amides is 1. The molecule has 1 aromatic rings. The molecule has 2 unspecified atom stereocenters. The molecule has 3 heterocycles. The van der Waals surface area contributed by atoms with Gasteiger partial charge in [-0.15, -0.1) is 0 Å². The topological polar surface area (TPSA) is 110 Å². The number of rotatable bonds is 10. The van der Waals surface area contributed by atoms with Crippen LogP contribution >= 0.6 is 0 Å². The van der Waals surface area contributed by atoms with Crippen LogP contribution in [0.25, 0.3) is 0 Å². The van der Waals surface area contributed by atoms with Crippen molar-refractivity contribution in [3.63, 3.8) is 0 Å². The van der Waals surface area contributed by atoms with E-state index in [0.29, 0.717) is 25.6 Å². The fraction of sp³-hybridized carbons (Fsp3) is 0.741.